The van der Waals surface area contributed by atoms with Crippen LogP contribution >= 0.6 is 0 Å². The van der Waals surface area contributed by atoms with Gasteiger partial charge in [-0.05, 0) is 42.4 Å². The predicted octanol–water partition coefficient (Wildman–Crippen LogP) is 2.92. The van der Waals surface area contributed by atoms with Gasteiger partial charge in [-0.15, -0.1) is 0 Å². The molecule has 1 amide bonds. The minimum Gasteiger partial charge on any atom is -0.356 e. The molecular formula is C22H25N5O. The summed E-state index contributed by atoms with van der Waals surface area (Å²) in [6, 6.07) is 12.4. The number of fused-ring (bicyclic) bond motifs is 2. The zero-order valence-corrected chi connectivity index (χ0v) is 16.0. The zero-order chi connectivity index (χ0) is 18.9. The summed E-state index contributed by atoms with van der Waals surface area (Å²) in [7, 11) is 0. The molecule has 0 atom stereocenters. The smallest absolute Gasteiger partial charge is 0.223 e. The summed E-state index contributed by atoms with van der Waals surface area (Å²) < 4.78 is 1.78. The molecule has 2 aliphatic heterocycles. The summed E-state index contributed by atoms with van der Waals surface area (Å²) in [6.07, 6.45) is 7.46. The van der Waals surface area contributed by atoms with Crippen molar-refractivity contribution in [3.8, 4) is 0 Å². The third-order valence-corrected chi connectivity index (χ3v) is 6.13. The summed E-state index contributed by atoms with van der Waals surface area (Å²) in [5.74, 6) is 1.79. The minimum atomic E-state index is 0.312. The van der Waals surface area contributed by atoms with Crippen LogP contribution in [0.4, 0.5) is 5.82 Å². The molecule has 0 bridgehead atoms. The largest absolute Gasteiger partial charge is 0.356 e. The first-order valence-electron chi connectivity index (χ1n) is 10.2. The van der Waals surface area contributed by atoms with Gasteiger partial charge in [0.2, 0.25) is 5.91 Å². The van der Waals surface area contributed by atoms with Gasteiger partial charge in [-0.25, -0.2) is 9.50 Å². The monoisotopic (exact) mass is 375 g/mol. The maximum atomic E-state index is 12.8. The molecule has 0 aliphatic carbocycles. The standard InChI is InChI=1S/C22H25N5O/c28-22(26-13-8-18-3-1-2-4-19(18)16-26)15-17-6-11-25(12-7-17)20-9-14-27-21(24-20)5-10-23-27/h1-5,9-10,14,17H,6-8,11-13,15-16H2. The van der Waals surface area contributed by atoms with Crippen LogP contribution in [0.15, 0.2) is 48.8 Å². The van der Waals surface area contributed by atoms with Gasteiger partial charge < -0.3 is 9.80 Å². The van der Waals surface area contributed by atoms with Crippen molar-refractivity contribution >= 4 is 17.4 Å². The molecular weight excluding hydrogens is 350 g/mol. The minimum absolute atomic E-state index is 0.312. The number of carbonyl (C=O) groups is 1. The lowest BCUT2D eigenvalue weighted by atomic mass is 9.92. The van der Waals surface area contributed by atoms with E-state index < -0.39 is 0 Å². The van der Waals surface area contributed by atoms with Gasteiger partial charge in [0.25, 0.3) is 0 Å². The van der Waals surface area contributed by atoms with Crippen molar-refractivity contribution in [1.82, 2.24) is 19.5 Å². The molecule has 3 aromatic rings. The van der Waals surface area contributed by atoms with E-state index in [9.17, 15) is 4.79 Å². The number of nitrogens with zero attached hydrogens (tertiary/aromatic N) is 5. The van der Waals surface area contributed by atoms with Crippen molar-refractivity contribution in [2.75, 3.05) is 24.5 Å². The third kappa shape index (κ3) is 3.35. The highest BCUT2D eigenvalue weighted by Crippen LogP contribution is 2.26. The van der Waals surface area contributed by atoms with E-state index >= 15 is 0 Å². The summed E-state index contributed by atoms with van der Waals surface area (Å²) >= 11 is 0. The average molecular weight is 375 g/mol. The fourth-order valence-electron chi connectivity index (χ4n) is 4.43. The Morgan fingerprint density at radius 3 is 2.71 bits per heavy atom. The van der Waals surface area contributed by atoms with Crippen LogP contribution in [0, 0.1) is 5.92 Å². The Balaban J connectivity index is 1.17. The molecule has 2 aromatic heterocycles. The van der Waals surface area contributed by atoms with E-state index in [-0.39, 0.29) is 0 Å². The topological polar surface area (TPSA) is 53.7 Å². The number of rotatable bonds is 3. The number of benzene rings is 1. The summed E-state index contributed by atoms with van der Waals surface area (Å²) in [4.78, 5) is 21.9. The van der Waals surface area contributed by atoms with Gasteiger partial charge in [0, 0.05) is 44.9 Å². The van der Waals surface area contributed by atoms with E-state index in [4.69, 9.17) is 4.98 Å². The summed E-state index contributed by atoms with van der Waals surface area (Å²) in [6.45, 7) is 3.53. The molecule has 1 fully saturated rings. The molecule has 2 aliphatic rings. The van der Waals surface area contributed by atoms with Crippen LogP contribution in [0.2, 0.25) is 0 Å². The SMILES string of the molecule is O=C(CC1CCN(c2ccn3nccc3n2)CC1)N1CCc2ccccc2C1. The van der Waals surface area contributed by atoms with E-state index in [1.165, 1.54) is 11.1 Å². The lowest BCUT2D eigenvalue weighted by molar-refractivity contribution is -0.133. The molecule has 6 nitrogen and oxygen atoms in total. The molecule has 5 rings (SSSR count). The number of amides is 1. The first-order chi connectivity index (χ1) is 13.8. The molecule has 144 valence electrons. The maximum absolute atomic E-state index is 12.8. The highest BCUT2D eigenvalue weighted by molar-refractivity contribution is 5.76. The van der Waals surface area contributed by atoms with E-state index in [1.54, 1.807) is 10.7 Å². The van der Waals surface area contributed by atoms with Crippen LogP contribution in [0.1, 0.15) is 30.4 Å². The van der Waals surface area contributed by atoms with Crippen molar-refractivity contribution in [1.29, 1.82) is 0 Å². The normalized spacial score (nSPS) is 17.7. The molecule has 6 heteroatoms. The van der Waals surface area contributed by atoms with Crippen molar-refractivity contribution in [2.45, 2.75) is 32.2 Å². The van der Waals surface area contributed by atoms with E-state index in [1.807, 2.05) is 23.2 Å². The van der Waals surface area contributed by atoms with Crippen LogP contribution in [0.25, 0.3) is 5.65 Å². The highest BCUT2D eigenvalue weighted by atomic mass is 16.2. The fraction of sp³-hybridized carbons (Fsp3) is 0.409. The van der Waals surface area contributed by atoms with Gasteiger partial charge in [-0.3, -0.25) is 4.79 Å². The third-order valence-electron chi connectivity index (χ3n) is 6.13. The molecule has 1 saturated heterocycles. The second-order valence-corrected chi connectivity index (χ2v) is 7.89. The van der Waals surface area contributed by atoms with Gasteiger partial charge in [0.15, 0.2) is 5.65 Å². The number of piperidine rings is 1. The second kappa shape index (κ2) is 7.26. The van der Waals surface area contributed by atoms with Crippen molar-refractivity contribution < 1.29 is 4.79 Å². The number of carbonyl (C=O) groups excluding carboxylic acids is 1. The number of hydrogen-bond donors (Lipinski definition) is 0. The number of aromatic nitrogens is 3. The Morgan fingerprint density at radius 1 is 1.04 bits per heavy atom. The van der Waals surface area contributed by atoms with Crippen molar-refractivity contribution in [3.63, 3.8) is 0 Å². The Morgan fingerprint density at radius 2 is 1.86 bits per heavy atom. The molecule has 0 saturated carbocycles. The first kappa shape index (κ1) is 17.2. The molecule has 28 heavy (non-hydrogen) atoms. The lowest BCUT2D eigenvalue weighted by Gasteiger charge is -2.34. The van der Waals surface area contributed by atoms with Gasteiger partial charge in [0.1, 0.15) is 5.82 Å². The van der Waals surface area contributed by atoms with Crippen LogP contribution in [0.3, 0.4) is 0 Å². The van der Waals surface area contributed by atoms with Gasteiger partial charge >= 0.3 is 0 Å². The van der Waals surface area contributed by atoms with E-state index in [2.05, 4.69) is 34.3 Å². The molecule has 1 aromatic carbocycles. The summed E-state index contributed by atoms with van der Waals surface area (Å²) in [5, 5.41) is 4.20. The number of hydrogen-bond acceptors (Lipinski definition) is 4. The molecule has 0 spiro atoms. The fourth-order valence-corrected chi connectivity index (χ4v) is 4.43. The van der Waals surface area contributed by atoms with Gasteiger partial charge in [0.05, 0.1) is 6.20 Å². The second-order valence-electron chi connectivity index (χ2n) is 7.89. The molecule has 0 unspecified atom stereocenters. The first-order valence-corrected chi connectivity index (χ1v) is 10.2. The van der Waals surface area contributed by atoms with Crippen LogP contribution in [0.5, 0.6) is 0 Å². The van der Waals surface area contributed by atoms with Crippen molar-refractivity contribution in [3.05, 3.63) is 59.9 Å². The zero-order valence-electron chi connectivity index (χ0n) is 16.0. The van der Waals surface area contributed by atoms with Crippen LogP contribution in [-0.2, 0) is 17.8 Å². The van der Waals surface area contributed by atoms with Crippen LogP contribution < -0.4 is 4.90 Å². The van der Waals surface area contributed by atoms with E-state index in [0.717, 1.165) is 56.9 Å². The molecule has 0 N–H and O–H groups in total. The Labute approximate surface area is 164 Å². The quantitative estimate of drug-likeness (QED) is 0.706. The molecule has 4 heterocycles. The Kier molecular flexibility index (Phi) is 4.47. The van der Waals surface area contributed by atoms with Gasteiger partial charge in [-0.1, -0.05) is 24.3 Å². The lowest BCUT2D eigenvalue weighted by Crippen LogP contribution is -2.39. The Bertz CT molecular complexity index is 989. The Hall–Kier alpha value is -2.89. The molecule has 0 radical (unpaired) electrons. The van der Waals surface area contributed by atoms with Gasteiger partial charge in [-0.2, -0.15) is 5.10 Å². The predicted molar refractivity (Wildman–Crippen MR) is 108 cm³/mol. The highest BCUT2D eigenvalue weighted by Gasteiger charge is 2.26. The maximum Gasteiger partial charge on any atom is 0.223 e. The summed E-state index contributed by atoms with van der Waals surface area (Å²) in [5.41, 5.74) is 3.57. The van der Waals surface area contributed by atoms with Crippen LogP contribution in [-0.4, -0.2) is 45.0 Å². The van der Waals surface area contributed by atoms with Crippen molar-refractivity contribution in [2.24, 2.45) is 5.92 Å². The average Bonchev–Trinajstić information content (AvgIpc) is 3.22. The van der Waals surface area contributed by atoms with E-state index in [0.29, 0.717) is 18.2 Å². The number of anilines is 1.